The van der Waals surface area contributed by atoms with Gasteiger partial charge in [-0.3, -0.25) is 0 Å². The summed E-state index contributed by atoms with van der Waals surface area (Å²) in [5.41, 5.74) is 2.12. The van der Waals surface area contributed by atoms with Gasteiger partial charge in [0.15, 0.2) is 0 Å². The molecule has 5 heteroatoms. The number of para-hydroxylation sites is 1. The van der Waals surface area contributed by atoms with E-state index in [2.05, 4.69) is 11.0 Å². The molecule has 0 aromatic heterocycles. The summed E-state index contributed by atoms with van der Waals surface area (Å²) in [6, 6.07) is 15.1. The molecule has 0 radical (unpaired) electrons. The van der Waals surface area contributed by atoms with E-state index >= 15 is 0 Å². The molecule has 1 fully saturated rings. The topological polar surface area (TPSA) is 57.6 Å². The van der Waals surface area contributed by atoms with Crippen LogP contribution in [0, 0.1) is 0 Å². The minimum absolute atomic E-state index is 0.0379. The molecular formula is C21H19NO3Se. The third kappa shape index (κ3) is 3.26. The molecule has 0 bridgehead atoms. The van der Waals surface area contributed by atoms with Crippen molar-refractivity contribution in [3.8, 4) is 0 Å². The maximum absolute atomic E-state index is 12.8. The molecule has 1 aliphatic carbocycles. The van der Waals surface area contributed by atoms with Gasteiger partial charge in [-0.1, -0.05) is 0 Å². The van der Waals surface area contributed by atoms with Crippen LogP contribution in [0.1, 0.15) is 33.6 Å². The van der Waals surface area contributed by atoms with Crippen LogP contribution < -0.4 is 9.36 Å². The van der Waals surface area contributed by atoms with E-state index in [1.807, 2.05) is 18.2 Å². The van der Waals surface area contributed by atoms with E-state index in [0.717, 1.165) is 36.1 Å². The Hall–Kier alpha value is -2.20. The van der Waals surface area contributed by atoms with Crippen LogP contribution in [-0.2, 0) is 0 Å². The number of Topliss-reactive ketones (excluding diaryl/α,β-unsaturated/α-hetero) is 1. The van der Waals surface area contributed by atoms with Crippen molar-refractivity contribution in [3.63, 3.8) is 0 Å². The summed E-state index contributed by atoms with van der Waals surface area (Å²) in [5, 5.41) is 9.75. The van der Waals surface area contributed by atoms with Crippen molar-refractivity contribution in [1.29, 1.82) is 0 Å². The first kappa shape index (κ1) is 17.2. The summed E-state index contributed by atoms with van der Waals surface area (Å²) in [4.78, 5) is 27.5. The number of hydrogen-bond donors (Lipinski definition) is 1. The van der Waals surface area contributed by atoms with Gasteiger partial charge in [-0.25, -0.2) is 0 Å². The van der Waals surface area contributed by atoms with E-state index in [0.29, 0.717) is 15.6 Å². The molecule has 4 nitrogen and oxygen atoms in total. The first-order chi connectivity index (χ1) is 12.6. The molecule has 2 aliphatic rings. The molecule has 0 unspecified atom stereocenters. The number of nitrogens with zero attached hydrogens (tertiary/aromatic N) is 1. The fourth-order valence-corrected chi connectivity index (χ4v) is 5.61. The maximum atomic E-state index is 12.8. The molecule has 2 aromatic carbocycles. The van der Waals surface area contributed by atoms with Gasteiger partial charge in [-0.2, -0.15) is 0 Å². The van der Waals surface area contributed by atoms with Crippen LogP contribution in [0.4, 0.5) is 5.69 Å². The summed E-state index contributed by atoms with van der Waals surface area (Å²) in [7, 11) is 0. The average molecular weight is 412 g/mol. The van der Waals surface area contributed by atoms with Crippen LogP contribution in [0.25, 0.3) is 0 Å². The van der Waals surface area contributed by atoms with Crippen LogP contribution in [-0.4, -0.2) is 50.8 Å². The second-order valence-corrected chi connectivity index (χ2v) is 8.81. The van der Waals surface area contributed by atoms with Crippen molar-refractivity contribution >= 4 is 36.7 Å². The van der Waals surface area contributed by atoms with Gasteiger partial charge in [0.05, 0.1) is 0 Å². The van der Waals surface area contributed by atoms with E-state index in [-0.39, 0.29) is 32.6 Å². The molecule has 26 heavy (non-hydrogen) atoms. The normalized spacial score (nSPS) is 17.9. The molecule has 132 valence electrons. The number of benzene rings is 2. The summed E-state index contributed by atoms with van der Waals surface area (Å²) < 4.78 is 1.70. The van der Waals surface area contributed by atoms with Crippen molar-refractivity contribution < 1.29 is 14.7 Å². The van der Waals surface area contributed by atoms with E-state index in [1.54, 1.807) is 24.3 Å². The molecule has 2 aromatic rings. The third-order valence-electron chi connectivity index (χ3n) is 4.81. The molecular weight excluding hydrogens is 393 g/mol. The molecule has 1 aliphatic heterocycles. The van der Waals surface area contributed by atoms with E-state index in [1.165, 1.54) is 6.08 Å². The molecule has 0 spiro atoms. The van der Waals surface area contributed by atoms with Gasteiger partial charge in [-0.05, 0) is 0 Å². The zero-order valence-corrected chi connectivity index (χ0v) is 15.9. The van der Waals surface area contributed by atoms with E-state index in [4.69, 9.17) is 0 Å². The standard InChI is InChI=1S/C21H19NO3Se/c23-14-9-11-22(12-10-14)17-7-3-4-8-19(17)26-20-13-18(24)15-5-1-2-6-16(15)21(20)25/h1-8,13-14,23H,9-12H2. The van der Waals surface area contributed by atoms with Gasteiger partial charge in [0.1, 0.15) is 0 Å². The van der Waals surface area contributed by atoms with Crippen molar-refractivity contribution in [1.82, 2.24) is 0 Å². The number of aliphatic hydroxyl groups excluding tert-OH is 1. The van der Waals surface area contributed by atoms with E-state index < -0.39 is 0 Å². The Bertz CT molecular complexity index is 898. The Kier molecular flexibility index (Phi) is 4.77. The van der Waals surface area contributed by atoms with Crippen LogP contribution in [0.15, 0.2) is 59.1 Å². The minimum atomic E-state index is -0.243. The molecule has 0 amide bonds. The number of fused-ring (bicyclic) bond motifs is 1. The predicted molar refractivity (Wildman–Crippen MR) is 102 cm³/mol. The number of allylic oxidation sites excluding steroid dienone is 2. The number of aliphatic hydroxyl groups is 1. The fraction of sp³-hybridized carbons (Fsp3) is 0.238. The number of anilines is 1. The monoisotopic (exact) mass is 413 g/mol. The van der Waals surface area contributed by atoms with Crippen molar-refractivity contribution in [2.24, 2.45) is 0 Å². The second kappa shape index (κ2) is 7.20. The molecule has 4 rings (SSSR count). The molecule has 1 heterocycles. The van der Waals surface area contributed by atoms with Crippen LogP contribution in [0.3, 0.4) is 0 Å². The van der Waals surface area contributed by atoms with Crippen LogP contribution in [0.2, 0.25) is 0 Å². The van der Waals surface area contributed by atoms with Gasteiger partial charge in [0.2, 0.25) is 0 Å². The zero-order valence-electron chi connectivity index (χ0n) is 14.2. The fourth-order valence-electron chi connectivity index (χ4n) is 3.40. The molecule has 0 atom stereocenters. The quantitative estimate of drug-likeness (QED) is 0.783. The second-order valence-electron chi connectivity index (χ2n) is 6.54. The number of rotatable bonds is 3. The summed E-state index contributed by atoms with van der Waals surface area (Å²) in [6.45, 7) is 1.62. The van der Waals surface area contributed by atoms with Gasteiger partial charge in [0.25, 0.3) is 0 Å². The summed E-state index contributed by atoms with van der Waals surface area (Å²) in [6.07, 6.45) is 2.81. The van der Waals surface area contributed by atoms with Crippen LogP contribution >= 0.6 is 0 Å². The Morgan fingerprint density at radius 3 is 2.35 bits per heavy atom. The number of carbonyl (C=O) groups is 2. The van der Waals surface area contributed by atoms with Gasteiger partial charge >= 0.3 is 159 Å². The average Bonchev–Trinajstić information content (AvgIpc) is 2.67. The van der Waals surface area contributed by atoms with Gasteiger partial charge < -0.3 is 0 Å². The number of hydrogen-bond acceptors (Lipinski definition) is 4. The predicted octanol–water partition coefficient (Wildman–Crippen LogP) is 1.94. The van der Waals surface area contributed by atoms with Crippen molar-refractivity contribution in [2.75, 3.05) is 18.0 Å². The first-order valence-electron chi connectivity index (χ1n) is 8.73. The van der Waals surface area contributed by atoms with Crippen LogP contribution in [0.5, 0.6) is 0 Å². The first-order valence-corrected chi connectivity index (χ1v) is 10.4. The zero-order chi connectivity index (χ0) is 18.1. The number of ketones is 2. The van der Waals surface area contributed by atoms with Gasteiger partial charge in [0, 0.05) is 0 Å². The van der Waals surface area contributed by atoms with Gasteiger partial charge in [-0.15, -0.1) is 0 Å². The van der Waals surface area contributed by atoms with Crippen molar-refractivity contribution in [3.05, 3.63) is 70.2 Å². The SMILES string of the molecule is O=C1C=C([Se]c2ccccc2N2CCC(O)CC2)C(=O)c2ccccc21. The summed E-state index contributed by atoms with van der Waals surface area (Å²) in [5.74, 6) is -0.125. The Labute approximate surface area is 158 Å². The molecule has 1 saturated heterocycles. The Morgan fingerprint density at radius 1 is 0.923 bits per heavy atom. The molecule has 1 N–H and O–H groups in total. The van der Waals surface area contributed by atoms with Crippen molar-refractivity contribution in [2.45, 2.75) is 18.9 Å². The molecule has 0 saturated carbocycles. The number of carbonyl (C=O) groups excluding carboxylic acids is 2. The summed E-state index contributed by atoms with van der Waals surface area (Å²) >= 11 is -0.243. The Morgan fingerprint density at radius 2 is 1.58 bits per heavy atom. The third-order valence-corrected chi connectivity index (χ3v) is 7.10. The van der Waals surface area contributed by atoms with E-state index in [9.17, 15) is 14.7 Å². The number of piperidine rings is 1. The Balaban J connectivity index is 1.63.